The normalized spacial score (nSPS) is 11.4. The summed E-state index contributed by atoms with van der Waals surface area (Å²) in [6.45, 7) is 7.50. The second-order valence-corrected chi connectivity index (χ2v) is 9.51. The molecule has 0 radical (unpaired) electrons. The Kier molecular flexibility index (Phi) is 6.29. The minimum Gasteiger partial charge on any atom is -0.331 e. The van der Waals surface area contributed by atoms with E-state index in [1.54, 1.807) is 0 Å². The molecule has 0 aliphatic rings. The van der Waals surface area contributed by atoms with Crippen LogP contribution in [0.1, 0.15) is 38.1 Å². The lowest BCUT2D eigenvalue weighted by Crippen LogP contribution is -2.04. The Morgan fingerprint density at radius 3 is 2.53 bits per heavy atom. The van der Waals surface area contributed by atoms with Gasteiger partial charge in [0.15, 0.2) is 5.82 Å². The maximum Gasteiger partial charge on any atom is 0.180 e. The number of aromatic nitrogens is 8. The average Bonchev–Trinajstić information content (AvgIpc) is 3.70. The highest BCUT2D eigenvalue weighted by Gasteiger charge is 2.19. The van der Waals surface area contributed by atoms with Gasteiger partial charge < -0.3 is 4.57 Å². The number of tetrazole rings is 1. The van der Waals surface area contributed by atoms with Crippen LogP contribution in [-0.4, -0.2) is 39.7 Å². The summed E-state index contributed by atoms with van der Waals surface area (Å²) < 4.78 is 4.54. The van der Waals surface area contributed by atoms with Gasteiger partial charge in [-0.3, -0.25) is 4.57 Å². The molecule has 8 heteroatoms. The van der Waals surface area contributed by atoms with Gasteiger partial charge in [0.1, 0.15) is 11.6 Å². The number of aryl methyl sites for hydroxylation is 2. The van der Waals surface area contributed by atoms with Gasteiger partial charge >= 0.3 is 0 Å². The number of nitrogens with zero attached hydrogens (tertiary/aromatic N) is 7. The molecule has 3 aromatic carbocycles. The molecule has 0 unspecified atom stereocenters. The highest BCUT2D eigenvalue weighted by molar-refractivity contribution is 5.86. The molecule has 0 aliphatic heterocycles. The number of rotatable bonds is 8. The summed E-state index contributed by atoms with van der Waals surface area (Å²) >= 11 is 0. The van der Waals surface area contributed by atoms with Crippen molar-refractivity contribution >= 4 is 11.0 Å². The molecule has 0 bridgehead atoms. The Morgan fingerprint density at radius 2 is 1.74 bits per heavy atom. The quantitative estimate of drug-likeness (QED) is 0.260. The van der Waals surface area contributed by atoms with E-state index in [0.29, 0.717) is 5.82 Å². The predicted octanol–water partition coefficient (Wildman–Crippen LogP) is 6.41. The van der Waals surface area contributed by atoms with Gasteiger partial charge in [-0.1, -0.05) is 50.2 Å². The Balaban J connectivity index is 1.55. The summed E-state index contributed by atoms with van der Waals surface area (Å²) in [6.07, 6.45) is 6.89. The molecule has 0 aliphatic carbocycles. The largest absolute Gasteiger partial charge is 0.331 e. The molecule has 8 nitrogen and oxygen atoms in total. The predicted molar refractivity (Wildman–Crippen MR) is 150 cm³/mol. The van der Waals surface area contributed by atoms with Gasteiger partial charge in [-0.15, -0.1) is 5.10 Å². The van der Waals surface area contributed by atoms with Gasteiger partial charge in [0.2, 0.25) is 0 Å². The Bertz CT molecular complexity index is 1710. The van der Waals surface area contributed by atoms with Crippen molar-refractivity contribution in [2.75, 3.05) is 0 Å². The lowest BCUT2D eigenvalue weighted by Gasteiger charge is -2.17. The van der Waals surface area contributed by atoms with Gasteiger partial charge in [0.25, 0.3) is 0 Å². The van der Waals surface area contributed by atoms with E-state index < -0.39 is 0 Å². The van der Waals surface area contributed by atoms with Crippen LogP contribution in [0.5, 0.6) is 0 Å². The fourth-order valence-corrected chi connectivity index (χ4v) is 5.27. The highest BCUT2D eigenvalue weighted by Crippen LogP contribution is 2.36. The number of H-pyrrole nitrogens is 1. The lowest BCUT2D eigenvalue weighted by molar-refractivity contribution is 0.685. The van der Waals surface area contributed by atoms with Crippen LogP contribution in [-0.2, 0) is 13.0 Å². The van der Waals surface area contributed by atoms with Gasteiger partial charge in [-0.2, -0.15) is 0 Å². The summed E-state index contributed by atoms with van der Waals surface area (Å²) in [5.74, 6) is 2.69. The smallest absolute Gasteiger partial charge is 0.180 e. The zero-order valence-corrected chi connectivity index (χ0v) is 21.9. The first-order valence-corrected chi connectivity index (χ1v) is 13.2. The van der Waals surface area contributed by atoms with E-state index in [2.05, 4.69) is 110 Å². The van der Waals surface area contributed by atoms with Crippen molar-refractivity contribution in [1.29, 1.82) is 0 Å². The molecule has 6 aromatic rings. The molecule has 1 N–H and O–H groups in total. The van der Waals surface area contributed by atoms with Gasteiger partial charge in [0.05, 0.1) is 16.7 Å². The van der Waals surface area contributed by atoms with Crippen molar-refractivity contribution in [2.24, 2.45) is 0 Å². The van der Waals surface area contributed by atoms with E-state index in [0.717, 1.165) is 76.4 Å². The third kappa shape index (κ3) is 4.08. The fraction of sp³-hybridized carbons (Fsp3) is 0.233. The summed E-state index contributed by atoms with van der Waals surface area (Å²) in [7, 11) is 0. The Labute approximate surface area is 221 Å². The van der Waals surface area contributed by atoms with E-state index in [1.165, 1.54) is 5.56 Å². The van der Waals surface area contributed by atoms with E-state index in [1.807, 2.05) is 18.3 Å². The summed E-state index contributed by atoms with van der Waals surface area (Å²) in [6, 6.07) is 21.2. The Morgan fingerprint density at radius 1 is 0.895 bits per heavy atom. The first-order valence-electron chi connectivity index (χ1n) is 13.2. The molecular formula is C30H30N8. The third-order valence-electron chi connectivity index (χ3n) is 7.00. The molecule has 0 saturated heterocycles. The summed E-state index contributed by atoms with van der Waals surface area (Å²) in [5, 5.41) is 14.7. The highest BCUT2D eigenvalue weighted by atomic mass is 15.5. The summed E-state index contributed by atoms with van der Waals surface area (Å²) in [5.41, 5.74) is 8.63. The molecule has 0 fully saturated rings. The topological polar surface area (TPSA) is 90.1 Å². The third-order valence-corrected chi connectivity index (χ3v) is 7.00. The molecule has 0 saturated carbocycles. The van der Waals surface area contributed by atoms with Crippen LogP contribution in [0.15, 0.2) is 73.1 Å². The minimum atomic E-state index is 0.650. The van der Waals surface area contributed by atoms with Crippen molar-refractivity contribution in [3.05, 3.63) is 84.4 Å². The minimum absolute atomic E-state index is 0.650. The average molecular weight is 503 g/mol. The van der Waals surface area contributed by atoms with Gasteiger partial charge in [0, 0.05) is 36.5 Å². The zero-order valence-electron chi connectivity index (χ0n) is 21.9. The van der Waals surface area contributed by atoms with Crippen LogP contribution in [0.25, 0.3) is 50.6 Å². The number of imidazole rings is 2. The molecular weight excluding hydrogens is 472 g/mol. The van der Waals surface area contributed by atoms with Gasteiger partial charge in [-0.05, 0) is 71.1 Å². The van der Waals surface area contributed by atoms with Crippen LogP contribution in [0.4, 0.5) is 0 Å². The van der Waals surface area contributed by atoms with Crippen molar-refractivity contribution in [3.63, 3.8) is 0 Å². The number of hydrogen-bond donors (Lipinski definition) is 1. The molecule has 0 spiro atoms. The van der Waals surface area contributed by atoms with Crippen LogP contribution in [0.2, 0.25) is 0 Å². The first kappa shape index (κ1) is 23.8. The summed E-state index contributed by atoms with van der Waals surface area (Å²) in [4.78, 5) is 9.74. The number of fused-ring (bicyclic) bond motifs is 1. The van der Waals surface area contributed by atoms with Crippen LogP contribution < -0.4 is 0 Å². The SMILES string of the molecule is CCCc1nc2ccc(-c3nccn3CCC)cc2n1-c1cccc(-c2ccccc2-c2nnn[nH]2)c1C. The van der Waals surface area contributed by atoms with Crippen LogP contribution in [0, 0.1) is 6.92 Å². The van der Waals surface area contributed by atoms with Gasteiger partial charge in [-0.25, -0.2) is 15.1 Å². The van der Waals surface area contributed by atoms with Crippen LogP contribution >= 0.6 is 0 Å². The molecule has 38 heavy (non-hydrogen) atoms. The zero-order chi connectivity index (χ0) is 26.1. The molecule has 3 heterocycles. The van der Waals surface area contributed by atoms with E-state index in [-0.39, 0.29) is 0 Å². The first-order chi connectivity index (χ1) is 18.7. The molecule has 6 rings (SSSR count). The number of hydrogen-bond acceptors (Lipinski definition) is 5. The number of aromatic amines is 1. The fourth-order valence-electron chi connectivity index (χ4n) is 5.27. The standard InChI is InChI=1S/C30H30N8/c1-4-9-28-32-25-15-14-21(30-31-16-18-37(30)17-5-2)19-27(25)38(28)26-13-8-12-22(20(26)3)23-10-6-7-11-24(23)29-33-35-36-34-29/h6-8,10-16,18-19H,4-5,9,17H2,1-3H3,(H,33,34,35,36). The number of benzene rings is 3. The monoisotopic (exact) mass is 502 g/mol. The second kappa shape index (κ2) is 10.0. The maximum atomic E-state index is 5.07. The maximum absolute atomic E-state index is 5.07. The van der Waals surface area contributed by atoms with E-state index >= 15 is 0 Å². The van der Waals surface area contributed by atoms with Crippen LogP contribution in [0.3, 0.4) is 0 Å². The Hall–Kier alpha value is -4.59. The number of nitrogens with one attached hydrogen (secondary N) is 1. The van der Waals surface area contributed by atoms with Crippen molar-refractivity contribution < 1.29 is 0 Å². The van der Waals surface area contributed by atoms with Crippen molar-refractivity contribution in [3.8, 4) is 39.6 Å². The van der Waals surface area contributed by atoms with Crippen molar-refractivity contribution in [1.82, 2.24) is 39.7 Å². The molecule has 190 valence electrons. The molecule has 0 atom stereocenters. The second-order valence-electron chi connectivity index (χ2n) is 9.51. The van der Waals surface area contributed by atoms with E-state index in [4.69, 9.17) is 4.98 Å². The molecule has 3 aromatic heterocycles. The lowest BCUT2D eigenvalue weighted by atomic mass is 9.94. The van der Waals surface area contributed by atoms with E-state index in [9.17, 15) is 0 Å². The molecule has 0 amide bonds. The van der Waals surface area contributed by atoms with Crippen molar-refractivity contribution in [2.45, 2.75) is 46.6 Å².